The summed E-state index contributed by atoms with van der Waals surface area (Å²) in [6.07, 6.45) is 4.76. The molecule has 2 unspecified atom stereocenters. The van der Waals surface area contributed by atoms with Crippen LogP contribution in [-0.2, 0) is 14.4 Å². The van der Waals surface area contributed by atoms with Crippen LogP contribution in [-0.4, -0.2) is 71.0 Å². The predicted octanol–water partition coefficient (Wildman–Crippen LogP) is 3.65. The van der Waals surface area contributed by atoms with Crippen molar-refractivity contribution in [3.8, 4) is 5.75 Å². The fourth-order valence-electron chi connectivity index (χ4n) is 6.98. The number of halogens is 1. The summed E-state index contributed by atoms with van der Waals surface area (Å²) in [5.74, 6) is -0.580. The molecule has 0 spiro atoms. The van der Waals surface area contributed by atoms with Crippen molar-refractivity contribution in [3.63, 3.8) is 0 Å². The van der Waals surface area contributed by atoms with Gasteiger partial charge in [-0.25, -0.2) is 0 Å². The molecule has 5 rings (SSSR count). The van der Waals surface area contributed by atoms with Crippen molar-refractivity contribution < 1.29 is 23.9 Å². The van der Waals surface area contributed by atoms with Gasteiger partial charge in [-0.05, 0) is 61.1 Å². The topological polar surface area (TPSA) is 121 Å². The third-order valence-electron chi connectivity index (χ3n) is 9.50. The summed E-state index contributed by atoms with van der Waals surface area (Å²) in [6, 6.07) is 5.11. The van der Waals surface area contributed by atoms with E-state index in [-0.39, 0.29) is 52.6 Å². The molecule has 2 aromatic rings. The lowest BCUT2D eigenvalue weighted by atomic mass is 9.83. The largest absolute Gasteiger partial charge is 0.496 e. The van der Waals surface area contributed by atoms with Gasteiger partial charge in [0.2, 0.25) is 11.8 Å². The van der Waals surface area contributed by atoms with Crippen molar-refractivity contribution in [2.45, 2.75) is 71.0 Å². The predicted molar refractivity (Wildman–Crippen MR) is 152 cm³/mol. The van der Waals surface area contributed by atoms with E-state index in [1.807, 2.05) is 18.2 Å². The number of ether oxygens (including phenoxy) is 1. The molecule has 40 heavy (non-hydrogen) atoms. The van der Waals surface area contributed by atoms with Gasteiger partial charge in [-0.2, -0.15) is 0 Å². The number of aromatic nitrogens is 1. The maximum atomic E-state index is 14.3. The van der Waals surface area contributed by atoms with Crippen molar-refractivity contribution in [1.82, 2.24) is 20.5 Å². The Labute approximate surface area is 239 Å². The third-order valence-corrected chi connectivity index (χ3v) is 9.76. The second kappa shape index (κ2) is 11.1. The number of nitrogens with zero attached hydrogens (tertiary/aromatic N) is 1. The van der Waals surface area contributed by atoms with Gasteiger partial charge in [-0.3, -0.25) is 19.2 Å². The molecule has 9 nitrogen and oxygen atoms in total. The summed E-state index contributed by atoms with van der Waals surface area (Å²) < 4.78 is 5.44. The SMILES string of the molecule is COc1cccc2[nH]c(C(=O)NC(C(=O)N3C[C@H]4[C@@H]([C@H]3C(=O)NC(C)C(=O)CCl)C4(C)C)C3CCCCC3)cc12. The van der Waals surface area contributed by atoms with Crippen LogP contribution < -0.4 is 15.4 Å². The molecule has 3 fully saturated rings. The molecule has 0 bridgehead atoms. The minimum absolute atomic E-state index is 0.00127. The van der Waals surface area contributed by atoms with Crippen LogP contribution in [0.1, 0.15) is 63.4 Å². The highest BCUT2D eigenvalue weighted by Crippen LogP contribution is 2.65. The van der Waals surface area contributed by atoms with Crippen LogP contribution in [0.25, 0.3) is 10.9 Å². The number of Topliss-reactive ketones (excluding diaryl/α,β-unsaturated/α-hetero) is 1. The Bertz CT molecular complexity index is 1320. The Kier molecular flexibility index (Phi) is 7.88. The number of alkyl halides is 1. The number of benzene rings is 1. The van der Waals surface area contributed by atoms with Crippen LogP contribution in [0.5, 0.6) is 5.75 Å². The summed E-state index contributed by atoms with van der Waals surface area (Å²) in [4.78, 5) is 58.2. The second-order valence-electron chi connectivity index (χ2n) is 12.2. The Hall–Kier alpha value is -3.07. The van der Waals surface area contributed by atoms with E-state index in [9.17, 15) is 19.2 Å². The van der Waals surface area contributed by atoms with Gasteiger partial charge in [0.1, 0.15) is 23.5 Å². The number of rotatable bonds is 9. The Morgan fingerprint density at radius 3 is 2.55 bits per heavy atom. The van der Waals surface area contributed by atoms with Crippen LogP contribution >= 0.6 is 11.6 Å². The standard InChI is InChI=1S/C30H39ClN4O5/c1-16(22(36)14-31)32-28(38)26-24-19(30(24,2)3)15-35(26)29(39)25(17-9-6-5-7-10-17)34-27(37)21-13-18-20(33-21)11-8-12-23(18)40-4/h8,11-13,16-17,19,24-26,33H,5-7,9-10,14-15H2,1-4H3,(H,32,38)(H,34,37)/t16?,19-,24-,25?,26-/m0/s1. The molecule has 2 aliphatic carbocycles. The lowest BCUT2D eigenvalue weighted by Crippen LogP contribution is -2.59. The number of aromatic amines is 1. The normalized spacial score (nSPS) is 25.1. The minimum atomic E-state index is -0.751. The monoisotopic (exact) mass is 570 g/mol. The number of amides is 3. The van der Waals surface area contributed by atoms with Crippen molar-refractivity contribution in [2.75, 3.05) is 19.5 Å². The molecule has 0 radical (unpaired) electrons. The van der Waals surface area contributed by atoms with Crippen molar-refractivity contribution in [3.05, 3.63) is 30.0 Å². The molecule has 5 atom stereocenters. The molecule has 10 heteroatoms. The smallest absolute Gasteiger partial charge is 0.268 e. The van der Waals surface area contributed by atoms with E-state index in [0.29, 0.717) is 18.0 Å². The fraction of sp³-hybridized carbons (Fsp3) is 0.600. The van der Waals surface area contributed by atoms with E-state index in [4.69, 9.17) is 16.3 Å². The van der Waals surface area contributed by atoms with Crippen LogP contribution in [0.3, 0.4) is 0 Å². The zero-order valence-corrected chi connectivity index (χ0v) is 24.3. The van der Waals surface area contributed by atoms with Gasteiger partial charge in [0.05, 0.1) is 19.0 Å². The first kappa shape index (κ1) is 28.5. The molecule has 2 heterocycles. The van der Waals surface area contributed by atoms with E-state index < -0.39 is 18.1 Å². The number of H-pyrrole nitrogens is 1. The van der Waals surface area contributed by atoms with E-state index in [0.717, 1.165) is 43.0 Å². The minimum Gasteiger partial charge on any atom is -0.496 e. The Balaban J connectivity index is 1.40. The van der Waals surface area contributed by atoms with Gasteiger partial charge in [-0.1, -0.05) is 39.2 Å². The van der Waals surface area contributed by atoms with Crippen LogP contribution in [0.15, 0.2) is 24.3 Å². The number of nitrogens with one attached hydrogen (secondary N) is 3. The Morgan fingerprint density at radius 2 is 1.88 bits per heavy atom. The molecule has 1 aromatic carbocycles. The zero-order chi connectivity index (χ0) is 28.8. The third kappa shape index (κ3) is 5.08. The number of fused-ring (bicyclic) bond motifs is 2. The molecular formula is C30H39ClN4O5. The zero-order valence-electron chi connectivity index (χ0n) is 23.6. The fourth-order valence-corrected chi connectivity index (χ4v) is 7.21. The summed E-state index contributed by atoms with van der Waals surface area (Å²) in [7, 11) is 1.58. The van der Waals surface area contributed by atoms with E-state index in [1.54, 1.807) is 25.0 Å². The van der Waals surface area contributed by atoms with Gasteiger partial charge in [0.25, 0.3) is 5.91 Å². The molecular weight excluding hydrogens is 532 g/mol. The summed E-state index contributed by atoms with van der Waals surface area (Å²) in [5, 5.41) is 6.63. The molecule has 1 aromatic heterocycles. The molecule has 3 N–H and O–H groups in total. The second-order valence-corrected chi connectivity index (χ2v) is 12.4. The lowest BCUT2D eigenvalue weighted by Gasteiger charge is -2.37. The van der Waals surface area contributed by atoms with Gasteiger partial charge < -0.3 is 25.3 Å². The van der Waals surface area contributed by atoms with Gasteiger partial charge >= 0.3 is 0 Å². The molecule has 216 valence electrons. The van der Waals surface area contributed by atoms with E-state index >= 15 is 0 Å². The quantitative estimate of drug-likeness (QED) is 0.397. The number of piperidine rings is 1. The van der Waals surface area contributed by atoms with E-state index in [1.165, 1.54) is 0 Å². The molecule has 3 aliphatic rings. The number of carbonyl (C=O) groups is 4. The number of hydrogen-bond acceptors (Lipinski definition) is 5. The maximum Gasteiger partial charge on any atom is 0.268 e. The highest BCUT2D eigenvalue weighted by molar-refractivity contribution is 6.28. The van der Waals surface area contributed by atoms with Crippen LogP contribution in [0.4, 0.5) is 0 Å². The first-order chi connectivity index (χ1) is 19.1. The number of hydrogen-bond donors (Lipinski definition) is 3. The summed E-state index contributed by atoms with van der Waals surface area (Å²) >= 11 is 5.71. The first-order valence-corrected chi connectivity index (χ1v) is 14.8. The van der Waals surface area contributed by atoms with Crippen molar-refractivity contribution in [1.29, 1.82) is 0 Å². The lowest BCUT2D eigenvalue weighted by molar-refractivity contribution is -0.143. The Morgan fingerprint density at radius 1 is 1.15 bits per heavy atom. The van der Waals surface area contributed by atoms with Crippen molar-refractivity contribution in [2.24, 2.45) is 23.2 Å². The number of ketones is 1. The van der Waals surface area contributed by atoms with E-state index in [2.05, 4.69) is 29.5 Å². The number of likely N-dealkylation sites (tertiary alicyclic amines) is 1. The van der Waals surface area contributed by atoms with Gasteiger partial charge in [-0.15, -0.1) is 11.6 Å². The van der Waals surface area contributed by atoms with Crippen molar-refractivity contribution >= 4 is 46.0 Å². The first-order valence-electron chi connectivity index (χ1n) is 14.2. The molecule has 1 aliphatic heterocycles. The van der Waals surface area contributed by atoms with Gasteiger partial charge in [0, 0.05) is 17.4 Å². The maximum absolute atomic E-state index is 14.3. The summed E-state index contributed by atoms with van der Waals surface area (Å²) in [5.41, 5.74) is 1.04. The average Bonchev–Trinajstić information content (AvgIpc) is 3.34. The average molecular weight is 571 g/mol. The highest BCUT2D eigenvalue weighted by Gasteiger charge is 2.69. The number of methoxy groups -OCH3 is 1. The molecule has 2 saturated carbocycles. The van der Waals surface area contributed by atoms with Crippen LogP contribution in [0.2, 0.25) is 0 Å². The van der Waals surface area contributed by atoms with Crippen LogP contribution in [0, 0.1) is 23.2 Å². The highest BCUT2D eigenvalue weighted by atomic mass is 35.5. The molecule has 3 amide bonds. The number of carbonyl (C=O) groups excluding carboxylic acids is 4. The molecule has 1 saturated heterocycles. The van der Waals surface area contributed by atoms with Gasteiger partial charge in [0.15, 0.2) is 5.78 Å². The summed E-state index contributed by atoms with van der Waals surface area (Å²) in [6.45, 7) is 6.29.